The summed E-state index contributed by atoms with van der Waals surface area (Å²) in [5.74, 6) is 1.91. The number of benzene rings is 1. The van der Waals surface area contributed by atoms with E-state index in [9.17, 15) is 0 Å². The molecule has 2 heterocycles. The second kappa shape index (κ2) is 6.18. The fraction of sp³-hybridized carbons (Fsp3) is 0.500. The second-order valence-corrected chi connectivity index (χ2v) is 5.53. The highest BCUT2D eigenvalue weighted by Crippen LogP contribution is 2.26. The van der Waals surface area contributed by atoms with E-state index in [0.29, 0.717) is 11.8 Å². The van der Waals surface area contributed by atoms with E-state index in [1.54, 1.807) is 0 Å². The van der Waals surface area contributed by atoms with Gasteiger partial charge in [0.1, 0.15) is 0 Å². The van der Waals surface area contributed by atoms with Gasteiger partial charge in [-0.25, -0.2) is 0 Å². The Bertz CT molecular complexity index is 538. The molecule has 1 atom stereocenters. The van der Waals surface area contributed by atoms with E-state index < -0.39 is 0 Å². The highest BCUT2D eigenvalue weighted by atomic mass is 16.4. The van der Waals surface area contributed by atoms with E-state index in [1.807, 2.05) is 6.92 Å². The van der Waals surface area contributed by atoms with Crippen molar-refractivity contribution in [2.75, 3.05) is 19.6 Å². The van der Waals surface area contributed by atoms with Crippen LogP contribution < -0.4 is 0 Å². The number of likely N-dealkylation sites (tertiary alicyclic amines) is 1. The van der Waals surface area contributed by atoms with Crippen molar-refractivity contribution in [1.82, 2.24) is 15.1 Å². The van der Waals surface area contributed by atoms with Gasteiger partial charge >= 0.3 is 0 Å². The second-order valence-electron chi connectivity index (χ2n) is 5.53. The first kappa shape index (κ1) is 13.3. The van der Waals surface area contributed by atoms with Crippen molar-refractivity contribution < 1.29 is 4.42 Å². The molecule has 1 aliphatic rings. The summed E-state index contributed by atoms with van der Waals surface area (Å²) < 4.78 is 5.54. The third kappa shape index (κ3) is 3.25. The number of hydrogen-bond donors (Lipinski definition) is 0. The van der Waals surface area contributed by atoms with E-state index in [-0.39, 0.29) is 0 Å². The molecule has 4 nitrogen and oxygen atoms in total. The molecular formula is C16H21N3O. The van der Waals surface area contributed by atoms with Crippen LogP contribution in [0.3, 0.4) is 0 Å². The van der Waals surface area contributed by atoms with Crippen molar-refractivity contribution in [3.8, 4) is 0 Å². The molecule has 4 heteroatoms. The Morgan fingerprint density at radius 1 is 1.25 bits per heavy atom. The molecule has 1 aromatic heterocycles. The highest BCUT2D eigenvalue weighted by molar-refractivity contribution is 5.14. The van der Waals surface area contributed by atoms with Crippen molar-refractivity contribution in [2.24, 2.45) is 0 Å². The molecule has 106 valence electrons. The third-order valence-electron chi connectivity index (χ3n) is 3.95. The van der Waals surface area contributed by atoms with Crippen LogP contribution in [0.15, 0.2) is 34.7 Å². The standard InChI is InChI=1S/C16H21N3O/c1-13-17-18-16(20-13)15-9-11-19(12-15)10-5-8-14-6-3-2-4-7-14/h2-4,6-7,15H,5,8-12H2,1H3. The Morgan fingerprint density at radius 2 is 2.10 bits per heavy atom. The number of rotatable bonds is 5. The molecule has 0 spiro atoms. The number of nitrogens with zero attached hydrogens (tertiary/aromatic N) is 3. The Hall–Kier alpha value is -1.68. The largest absolute Gasteiger partial charge is 0.425 e. The maximum atomic E-state index is 5.54. The monoisotopic (exact) mass is 271 g/mol. The SMILES string of the molecule is Cc1nnc(C2CCN(CCCc3ccccc3)C2)o1. The van der Waals surface area contributed by atoms with E-state index in [4.69, 9.17) is 4.42 Å². The predicted molar refractivity (Wildman–Crippen MR) is 77.6 cm³/mol. The van der Waals surface area contributed by atoms with Crippen LogP contribution in [0.1, 0.15) is 36.1 Å². The molecule has 0 amide bonds. The molecule has 0 radical (unpaired) electrons. The van der Waals surface area contributed by atoms with Gasteiger partial charge in [0.05, 0.1) is 5.92 Å². The van der Waals surface area contributed by atoms with Gasteiger partial charge < -0.3 is 9.32 Å². The molecule has 0 bridgehead atoms. The Kier molecular flexibility index (Phi) is 4.11. The first-order valence-electron chi connectivity index (χ1n) is 7.37. The van der Waals surface area contributed by atoms with Crippen LogP contribution in [0.25, 0.3) is 0 Å². The first-order chi connectivity index (χ1) is 9.81. The predicted octanol–water partition coefficient (Wildman–Crippen LogP) is 2.80. The Morgan fingerprint density at radius 3 is 2.85 bits per heavy atom. The Labute approximate surface area is 119 Å². The topological polar surface area (TPSA) is 42.2 Å². The summed E-state index contributed by atoms with van der Waals surface area (Å²) >= 11 is 0. The summed E-state index contributed by atoms with van der Waals surface area (Å²) in [5.41, 5.74) is 1.43. The minimum atomic E-state index is 0.424. The number of aryl methyl sites for hydroxylation is 2. The molecule has 3 rings (SSSR count). The maximum Gasteiger partial charge on any atom is 0.220 e. The summed E-state index contributed by atoms with van der Waals surface area (Å²) in [6, 6.07) is 10.7. The Balaban J connectivity index is 1.44. The van der Waals surface area contributed by atoms with Gasteiger partial charge in [-0.1, -0.05) is 30.3 Å². The van der Waals surface area contributed by atoms with Gasteiger partial charge in [0.2, 0.25) is 11.8 Å². The zero-order chi connectivity index (χ0) is 13.8. The summed E-state index contributed by atoms with van der Waals surface area (Å²) in [6.07, 6.45) is 3.49. The van der Waals surface area contributed by atoms with Gasteiger partial charge in [0.15, 0.2) is 0 Å². The molecular weight excluding hydrogens is 250 g/mol. The van der Waals surface area contributed by atoms with Gasteiger partial charge in [-0.05, 0) is 37.9 Å². The smallest absolute Gasteiger partial charge is 0.220 e. The molecule has 1 saturated heterocycles. The van der Waals surface area contributed by atoms with Gasteiger partial charge in [-0.15, -0.1) is 10.2 Å². The van der Waals surface area contributed by atoms with E-state index in [2.05, 4.69) is 45.4 Å². The summed E-state index contributed by atoms with van der Waals surface area (Å²) in [7, 11) is 0. The van der Waals surface area contributed by atoms with Crippen molar-refractivity contribution in [1.29, 1.82) is 0 Å². The molecule has 1 fully saturated rings. The van der Waals surface area contributed by atoms with Gasteiger partial charge in [-0.3, -0.25) is 0 Å². The summed E-state index contributed by atoms with van der Waals surface area (Å²) in [4.78, 5) is 2.51. The lowest BCUT2D eigenvalue weighted by Crippen LogP contribution is -2.22. The minimum absolute atomic E-state index is 0.424. The van der Waals surface area contributed by atoms with Crippen LogP contribution in [-0.4, -0.2) is 34.7 Å². The molecule has 0 aliphatic carbocycles. The molecule has 1 unspecified atom stereocenters. The van der Waals surface area contributed by atoms with Crippen molar-refractivity contribution >= 4 is 0 Å². The molecule has 0 N–H and O–H groups in total. The van der Waals surface area contributed by atoms with E-state index >= 15 is 0 Å². The number of hydrogen-bond acceptors (Lipinski definition) is 4. The van der Waals surface area contributed by atoms with Crippen molar-refractivity contribution in [2.45, 2.75) is 32.1 Å². The lowest BCUT2D eigenvalue weighted by atomic mass is 10.1. The average Bonchev–Trinajstić information content (AvgIpc) is 3.09. The quantitative estimate of drug-likeness (QED) is 0.838. The first-order valence-corrected chi connectivity index (χ1v) is 7.37. The molecule has 20 heavy (non-hydrogen) atoms. The van der Waals surface area contributed by atoms with Crippen molar-refractivity contribution in [3.05, 3.63) is 47.7 Å². The molecule has 1 aliphatic heterocycles. The van der Waals surface area contributed by atoms with Crippen LogP contribution in [0.4, 0.5) is 0 Å². The zero-order valence-electron chi connectivity index (χ0n) is 12.0. The van der Waals surface area contributed by atoms with E-state index in [1.165, 1.54) is 12.0 Å². The highest BCUT2D eigenvalue weighted by Gasteiger charge is 2.27. The van der Waals surface area contributed by atoms with Crippen LogP contribution in [0.2, 0.25) is 0 Å². The summed E-state index contributed by atoms with van der Waals surface area (Å²) in [6.45, 7) is 5.19. The fourth-order valence-electron chi connectivity index (χ4n) is 2.87. The van der Waals surface area contributed by atoms with Crippen LogP contribution in [0, 0.1) is 6.92 Å². The number of aromatic nitrogens is 2. The van der Waals surface area contributed by atoms with Crippen molar-refractivity contribution in [3.63, 3.8) is 0 Å². The minimum Gasteiger partial charge on any atom is -0.425 e. The molecule has 2 aromatic rings. The lowest BCUT2D eigenvalue weighted by Gasteiger charge is -2.14. The van der Waals surface area contributed by atoms with Gasteiger partial charge in [-0.2, -0.15) is 0 Å². The molecule has 1 aromatic carbocycles. The zero-order valence-corrected chi connectivity index (χ0v) is 12.0. The van der Waals surface area contributed by atoms with Crippen LogP contribution in [-0.2, 0) is 6.42 Å². The fourth-order valence-corrected chi connectivity index (χ4v) is 2.87. The third-order valence-corrected chi connectivity index (χ3v) is 3.95. The maximum absolute atomic E-state index is 5.54. The molecule has 0 saturated carbocycles. The normalized spacial score (nSPS) is 19.6. The lowest BCUT2D eigenvalue weighted by molar-refractivity contribution is 0.322. The van der Waals surface area contributed by atoms with Crippen LogP contribution >= 0.6 is 0 Å². The van der Waals surface area contributed by atoms with Gasteiger partial charge in [0, 0.05) is 13.5 Å². The van der Waals surface area contributed by atoms with Gasteiger partial charge in [0.25, 0.3) is 0 Å². The van der Waals surface area contributed by atoms with Crippen LogP contribution in [0.5, 0.6) is 0 Å². The average molecular weight is 271 g/mol. The summed E-state index contributed by atoms with van der Waals surface area (Å²) in [5, 5.41) is 8.07. The van der Waals surface area contributed by atoms with E-state index in [0.717, 1.165) is 38.4 Å².